The first-order chi connectivity index (χ1) is 16.2. The zero-order valence-corrected chi connectivity index (χ0v) is 21.8. The Morgan fingerprint density at radius 2 is 1.62 bits per heavy atom. The topological polar surface area (TPSA) is 32.8 Å². The molecule has 0 aromatic heterocycles. The summed E-state index contributed by atoms with van der Waals surface area (Å²) in [6.45, 7) is 16.7. The second-order valence-corrected chi connectivity index (χ2v) is 11.9. The largest absolute Gasteiger partial charge is 0.493 e. The molecule has 0 radical (unpaired) electrons. The summed E-state index contributed by atoms with van der Waals surface area (Å²) in [4.78, 5) is 17.8. The Balaban J connectivity index is 1.32. The van der Waals surface area contributed by atoms with Gasteiger partial charge in [0.25, 0.3) is 5.91 Å². The zero-order valence-electron chi connectivity index (χ0n) is 21.8. The third kappa shape index (κ3) is 5.83. The number of hydrogen-bond acceptors (Lipinski definition) is 3. The fourth-order valence-corrected chi connectivity index (χ4v) is 5.32. The molecule has 2 heterocycles. The van der Waals surface area contributed by atoms with Crippen LogP contribution in [0.5, 0.6) is 5.75 Å². The summed E-state index contributed by atoms with van der Waals surface area (Å²) in [6.07, 6.45) is 3.42. The van der Waals surface area contributed by atoms with E-state index in [1.807, 2.05) is 12.1 Å². The number of amides is 1. The lowest BCUT2D eigenvalue weighted by molar-refractivity contribution is 0.0587. The predicted molar refractivity (Wildman–Crippen MR) is 139 cm³/mol. The number of ether oxygens (including phenoxy) is 1. The quantitative estimate of drug-likeness (QED) is 0.516. The molecule has 1 amide bonds. The average Bonchev–Trinajstić information content (AvgIpc) is 3.20. The van der Waals surface area contributed by atoms with Gasteiger partial charge in [-0.25, -0.2) is 0 Å². The van der Waals surface area contributed by atoms with Crippen molar-refractivity contribution in [3.05, 3.63) is 65.2 Å². The third-order valence-electron chi connectivity index (χ3n) is 7.57. The highest BCUT2D eigenvalue weighted by Crippen LogP contribution is 2.41. The number of hydrogen-bond donors (Lipinski definition) is 0. The lowest BCUT2D eigenvalue weighted by atomic mass is 9.77. The molecule has 2 saturated heterocycles. The number of rotatable bonds is 6. The molecular formula is C30H42N2O2. The van der Waals surface area contributed by atoms with Crippen LogP contribution in [-0.2, 0) is 12.0 Å². The number of nitrogens with zero attached hydrogens (tertiary/aromatic N) is 2. The van der Waals surface area contributed by atoms with Gasteiger partial charge in [-0.2, -0.15) is 0 Å². The van der Waals surface area contributed by atoms with Gasteiger partial charge in [0.05, 0.1) is 6.61 Å². The number of benzene rings is 2. The van der Waals surface area contributed by atoms with E-state index < -0.39 is 0 Å². The maximum Gasteiger partial charge on any atom is 0.253 e. The molecule has 34 heavy (non-hydrogen) atoms. The third-order valence-corrected chi connectivity index (χ3v) is 7.57. The van der Waals surface area contributed by atoms with Crippen LogP contribution in [0.1, 0.15) is 75.4 Å². The van der Waals surface area contributed by atoms with Crippen LogP contribution in [0, 0.1) is 11.3 Å². The highest BCUT2D eigenvalue weighted by molar-refractivity contribution is 5.94. The predicted octanol–water partition coefficient (Wildman–Crippen LogP) is 6.15. The number of piperidine rings is 1. The molecule has 4 heteroatoms. The fourth-order valence-electron chi connectivity index (χ4n) is 5.32. The van der Waals surface area contributed by atoms with Crippen LogP contribution in [-0.4, -0.2) is 48.5 Å². The summed E-state index contributed by atoms with van der Waals surface area (Å²) in [7, 11) is 0. The maximum absolute atomic E-state index is 13.1. The first-order valence-electron chi connectivity index (χ1n) is 13.0. The van der Waals surface area contributed by atoms with Crippen molar-refractivity contribution in [3.63, 3.8) is 0 Å². The van der Waals surface area contributed by atoms with Gasteiger partial charge in [0.15, 0.2) is 0 Å². The lowest BCUT2D eigenvalue weighted by Gasteiger charge is -2.39. The van der Waals surface area contributed by atoms with Crippen molar-refractivity contribution < 1.29 is 9.53 Å². The molecule has 0 atom stereocenters. The van der Waals surface area contributed by atoms with Crippen molar-refractivity contribution in [2.45, 2.75) is 65.8 Å². The maximum atomic E-state index is 13.1. The van der Waals surface area contributed by atoms with E-state index in [-0.39, 0.29) is 11.3 Å². The summed E-state index contributed by atoms with van der Waals surface area (Å²) in [5.41, 5.74) is 3.82. The molecule has 4 nitrogen and oxygen atoms in total. The van der Waals surface area contributed by atoms with Gasteiger partial charge in [-0.3, -0.25) is 9.69 Å². The van der Waals surface area contributed by atoms with Crippen LogP contribution in [0.2, 0.25) is 0 Å². The van der Waals surface area contributed by atoms with E-state index in [1.165, 1.54) is 17.5 Å². The summed E-state index contributed by atoms with van der Waals surface area (Å²) in [5, 5.41) is 0. The van der Waals surface area contributed by atoms with Crippen molar-refractivity contribution in [3.8, 4) is 5.75 Å². The highest BCUT2D eigenvalue weighted by Gasteiger charge is 2.41. The van der Waals surface area contributed by atoms with Crippen molar-refractivity contribution in [2.75, 3.05) is 32.8 Å². The number of para-hydroxylation sites is 1. The van der Waals surface area contributed by atoms with Crippen molar-refractivity contribution in [2.24, 2.45) is 11.3 Å². The van der Waals surface area contributed by atoms with Gasteiger partial charge in [0.2, 0.25) is 0 Å². The normalized spacial score (nSPS) is 18.6. The van der Waals surface area contributed by atoms with E-state index in [0.717, 1.165) is 63.5 Å². The van der Waals surface area contributed by atoms with Crippen LogP contribution in [0.4, 0.5) is 0 Å². The zero-order chi connectivity index (χ0) is 24.3. The van der Waals surface area contributed by atoms with Crippen LogP contribution in [0.25, 0.3) is 0 Å². The molecule has 1 spiro atoms. The Kier molecular flexibility index (Phi) is 7.37. The number of likely N-dealkylation sites (tertiary alicyclic amines) is 2. The molecule has 0 saturated carbocycles. The molecule has 2 aliphatic rings. The van der Waals surface area contributed by atoms with Gasteiger partial charge in [-0.05, 0) is 66.3 Å². The van der Waals surface area contributed by atoms with Crippen molar-refractivity contribution in [1.29, 1.82) is 0 Å². The van der Waals surface area contributed by atoms with Gasteiger partial charge in [-0.1, -0.05) is 65.0 Å². The highest BCUT2D eigenvalue weighted by atomic mass is 16.5. The van der Waals surface area contributed by atoms with Crippen molar-refractivity contribution in [1.82, 2.24) is 9.80 Å². The first kappa shape index (κ1) is 24.8. The Morgan fingerprint density at radius 3 is 2.26 bits per heavy atom. The summed E-state index contributed by atoms with van der Waals surface area (Å²) in [5.74, 6) is 1.73. The smallest absolute Gasteiger partial charge is 0.253 e. The van der Waals surface area contributed by atoms with Crippen LogP contribution in [0.15, 0.2) is 48.5 Å². The number of carbonyl (C=O) groups is 1. The molecule has 0 unspecified atom stereocenters. The number of carbonyl (C=O) groups excluding carboxylic acids is 1. The minimum Gasteiger partial charge on any atom is -0.493 e. The monoisotopic (exact) mass is 462 g/mol. The molecule has 2 fully saturated rings. The average molecular weight is 463 g/mol. The Hall–Kier alpha value is -2.33. The summed E-state index contributed by atoms with van der Waals surface area (Å²) >= 11 is 0. The second-order valence-electron chi connectivity index (χ2n) is 11.9. The van der Waals surface area contributed by atoms with Gasteiger partial charge >= 0.3 is 0 Å². The molecule has 0 bridgehead atoms. The van der Waals surface area contributed by atoms with E-state index in [4.69, 9.17) is 4.74 Å². The molecule has 2 aromatic carbocycles. The van der Waals surface area contributed by atoms with Gasteiger partial charge in [0.1, 0.15) is 5.75 Å². The molecule has 2 aliphatic heterocycles. The molecule has 4 rings (SSSR count). The molecular weight excluding hydrogens is 420 g/mol. The summed E-state index contributed by atoms with van der Waals surface area (Å²) < 4.78 is 6.08. The second kappa shape index (κ2) is 10.1. The SMILES string of the molecule is CC(C)COc1ccccc1CN1CCC2(CCN(C(=O)c3ccc(C(C)(C)C)cc3)CC2)C1. The van der Waals surface area contributed by atoms with Gasteiger partial charge in [0, 0.05) is 37.3 Å². The fraction of sp³-hybridized carbons (Fsp3) is 0.567. The van der Waals surface area contributed by atoms with E-state index in [0.29, 0.717) is 11.3 Å². The van der Waals surface area contributed by atoms with Crippen LogP contribution in [0.3, 0.4) is 0 Å². The van der Waals surface area contributed by atoms with E-state index >= 15 is 0 Å². The minimum atomic E-state index is 0.106. The van der Waals surface area contributed by atoms with E-state index in [2.05, 4.69) is 80.8 Å². The van der Waals surface area contributed by atoms with Crippen molar-refractivity contribution >= 4 is 5.91 Å². The first-order valence-corrected chi connectivity index (χ1v) is 13.0. The summed E-state index contributed by atoms with van der Waals surface area (Å²) in [6, 6.07) is 16.7. The van der Waals surface area contributed by atoms with Gasteiger partial charge < -0.3 is 9.64 Å². The molecule has 184 valence electrons. The van der Waals surface area contributed by atoms with E-state index in [1.54, 1.807) is 0 Å². The lowest BCUT2D eigenvalue weighted by Crippen LogP contribution is -2.44. The van der Waals surface area contributed by atoms with Crippen LogP contribution >= 0.6 is 0 Å². The molecule has 2 aromatic rings. The van der Waals surface area contributed by atoms with E-state index in [9.17, 15) is 4.79 Å². The Morgan fingerprint density at radius 1 is 0.971 bits per heavy atom. The standard InChI is InChI=1S/C30H42N2O2/c1-23(2)21-34-27-9-7-6-8-25(27)20-31-17-14-30(22-31)15-18-32(19-16-30)28(33)24-10-12-26(13-11-24)29(3,4)5/h6-13,23H,14-22H2,1-5H3. The molecule has 0 aliphatic carbocycles. The van der Waals surface area contributed by atoms with Gasteiger partial charge in [-0.15, -0.1) is 0 Å². The Labute approximate surface area is 206 Å². The molecule has 0 N–H and O–H groups in total. The Bertz CT molecular complexity index is 966. The minimum absolute atomic E-state index is 0.106. The van der Waals surface area contributed by atoms with Crippen LogP contribution < -0.4 is 4.74 Å².